The molecule has 6 rings (SSSR count). The van der Waals surface area contributed by atoms with E-state index in [1.165, 1.54) is 24.8 Å². The molecule has 1 aliphatic heterocycles. The number of benzene rings is 4. The normalized spacial score (nSPS) is 14.7. The van der Waals surface area contributed by atoms with Crippen LogP contribution in [0, 0.1) is 0 Å². The van der Waals surface area contributed by atoms with Gasteiger partial charge in [0.25, 0.3) is 0 Å². The van der Waals surface area contributed by atoms with Crippen LogP contribution in [0.25, 0.3) is 0 Å². The molecular weight excluding hydrogens is 394 g/mol. The molecule has 1 aliphatic carbocycles. The van der Waals surface area contributed by atoms with Crippen LogP contribution >= 0.6 is 0 Å². The maximum Gasteiger partial charge on any atom is 0.154 e. The van der Waals surface area contributed by atoms with Crippen molar-refractivity contribution < 1.29 is 4.74 Å². The van der Waals surface area contributed by atoms with E-state index in [0.717, 1.165) is 45.9 Å². The first kappa shape index (κ1) is 19.0. The van der Waals surface area contributed by atoms with Gasteiger partial charge in [0.15, 0.2) is 11.5 Å². The number of anilines is 5. The van der Waals surface area contributed by atoms with Crippen LogP contribution in [-0.4, -0.2) is 0 Å². The van der Waals surface area contributed by atoms with Gasteiger partial charge in [0, 0.05) is 23.1 Å². The van der Waals surface area contributed by atoms with Gasteiger partial charge in [0.2, 0.25) is 0 Å². The van der Waals surface area contributed by atoms with Crippen molar-refractivity contribution in [2.24, 2.45) is 5.84 Å². The van der Waals surface area contributed by atoms with Crippen molar-refractivity contribution >= 4 is 28.4 Å². The van der Waals surface area contributed by atoms with Crippen molar-refractivity contribution in [1.29, 1.82) is 0 Å². The summed E-state index contributed by atoms with van der Waals surface area (Å²) in [5, 5.41) is 1.69. The lowest BCUT2D eigenvalue weighted by atomic mass is 9.80. The van der Waals surface area contributed by atoms with E-state index >= 15 is 0 Å². The number of nitrogens with zero attached hydrogens (tertiary/aromatic N) is 2. The number of hydrazine groups is 1. The molecule has 4 heteroatoms. The van der Waals surface area contributed by atoms with E-state index in [1.807, 2.05) is 36.4 Å². The fourth-order valence-electron chi connectivity index (χ4n) is 4.57. The summed E-state index contributed by atoms with van der Waals surface area (Å²) < 4.78 is 6.23. The third kappa shape index (κ3) is 3.20. The highest BCUT2D eigenvalue weighted by molar-refractivity contribution is 5.83. The summed E-state index contributed by atoms with van der Waals surface area (Å²) in [6.45, 7) is 0. The molecule has 32 heavy (non-hydrogen) atoms. The van der Waals surface area contributed by atoms with Gasteiger partial charge in [0.05, 0.1) is 0 Å². The van der Waals surface area contributed by atoms with E-state index in [-0.39, 0.29) is 0 Å². The van der Waals surface area contributed by atoms with Gasteiger partial charge in [-0.15, -0.1) is 0 Å². The molecule has 2 aliphatic rings. The number of rotatable bonds is 4. The first-order valence-electron chi connectivity index (χ1n) is 11.2. The second-order valence-corrected chi connectivity index (χ2v) is 8.48. The zero-order valence-corrected chi connectivity index (χ0v) is 17.8. The van der Waals surface area contributed by atoms with Crippen LogP contribution in [0.2, 0.25) is 0 Å². The molecule has 4 nitrogen and oxygen atoms in total. The molecule has 2 N–H and O–H groups in total. The summed E-state index contributed by atoms with van der Waals surface area (Å²) in [6.07, 6.45) is 3.96. The average Bonchev–Trinajstić information content (AvgIpc) is 2.80. The SMILES string of the molecule is NN1c2ccccc2Oc2cc(N(c3ccccc3)c3ccc(C4CCC4)cc3)ccc21. The number of ether oxygens (including phenoxy) is 1. The summed E-state index contributed by atoms with van der Waals surface area (Å²) >= 11 is 0. The average molecular weight is 420 g/mol. The number of hydrogen-bond donors (Lipinski definition) is 1. The fourth-order valence-corrected chi connectivity index (χ4v) is 4.57. The van der Waals surface area contributed by atoms with E-state index in [1.54, 1.807) is 5.01 Å². The first-order valence-corrected chi connectivity index (χ1v) is 11.2. The minimum absolute atomic E-state index is 0.724. The van der Waals surface area contributed by atoms with Crippen molar-refractivity contribution in [3.63, 3.8) is 0 Å². The molecule has 158 valence electrons. The molecule has 0 bridgehead atoms. The van der Waals surface area contributed by atoms with Crippen LogP contribution in [0.15, 0.2) is 97.1 Å². The molecule has 1 fully saturated rings. The highest BCUT2D eigenvalue weighted by atomic mass is 16.5. The van der Waals surface area contributed by atoms with Crippen LogP contribution in [0.3, 0.4) is 0 Å². The second-order valence-electron chi connectivity index (χ2n) is 8.48. The van der Waals surface area contributed by atoms with Crippen LogP contribution in [-0.2, 0) is 0 Å². The molecule has 0 aromatic heterocycles. The summed E-state index contributed by atoms with van der Waals surface area (Å²) in [6, 6.07) is 33.5. The highest BCUT2D eigenvalue weighted by Crippen LogP contribution is 2.47. The van der Waals surface area contributed by atoms with Crippen molar-refractivity contribution in [3.05, 3.63) is 103 Å². The third-order valence-electron chi connectivity index (χ3n) is 6.55. The van der Waals surface area contributed by atoms with Gasteiger partial charge in [-0.25, -0.2) is 5.84 Å². The minimum Gasteiger partial charge on any atom is -0.453 e. The van der Waals surface area contributed by atoms with E-state index in [9.17, 15) is 0 Å². The molecular formula is C28H25N3O. The van der Waals surface area contributed by atoms with Crippen LogP contribution < -0.4 is 20.5 Å². The Balaban J connectivity index is 1.42. The predicted octanol–water partition coefficient (Wildman–Crippen LogP) is 7.54. The van der Waals surface area contributed by atoms with E-state index < -0.39 is 0 Å². The van der Waals surface area contributed by atoms with Crippen molar-refractivity contribution in [2.75, 3.05) is 9.91 Å². The molecule has 0 unspecified atom stereocenters. The van der Waals surface area contributed by atoms with Gasteiger partial charge in [-0.05, 0) is 72.9 Å². The van der Waals surface area contributed by atoms with E-state index in [2.05, 4.69) is 65.6 Å². The maximum absolute atomic E-state index is 6.41. The quantitative estimate of drug-likeness (QED) is 0.347. The monoisotopic (exact) mass is 419 g/mol. The number of fused-ring (bicyclic) bond motifs is 2. The molecule has 0 atom stereocenters. The number of hydrogen-bond acceptors (Lipinski definition) is 4. The van der Waals surface area contributed by atoms with Crippen LogP contribution in [0.4, 0.5) is 28.4 Å². The Morgan fingerprint density at radius 1 is 0.688 bits per heavy atom. The molecule has 0 saturated heterocycles. The smallest absolute Gasteiger partial charge is 0.154 e. The standard InChI is InChI=1S/C28H25N3O/c29-31-25-11-4-5-12-27(25)32-28-19-24(17-18-26(28)31)30(22-9-2-1-3-10-22)23-15-13-21(14-16-23)20-7-6-8-20/h1-5,9-20H,6-8,29H2. The van der Waals surface area contributed by atoms with Crippen molar-refractivity contribution in [3.8, 4) is 11.5 Å². The minimum atomic E-state index is 0.724. The molecule has 0 radical (unpaired) electrons. The molecule has 0 amide bonds. The molecule has 0 spiro atoms. The first-order chi connectivity index (χ1) is 15.8. The van der Waals surface area contributed by atoms with Crippen molar-refractivity contribution in [2.45, 2.75) is 25.2 Å². The summed E-state index contributed by atoms with van der Waals surface area (Å²) in [5.74, 6) is 8.64. The van der Waals surface area contributed by atoms with Gasteiger partial charge < -0.3 is 9.64 Å². The summed E-state index contributed by atoms with van der Waals surface area (Å²) in [5.41, 5.74) is 6.40. The summed E-state index contributed by atoms with van der Waals surface area (Å²) in [4.78, 5) is 2.26. The Labute approximate surface area is 188 Å². The van der Waals surface area contributed by atoms with E-state index in [4.69, 9.17) is 10.6 Å². The van der Waals surface area contributed by atoms with Crippen LogP contribution in [0.1, 0.15) is 30.7 Å². The Bertz CT molecular complexity index is 1250. The zero-order chi connectivity index (χ0) is 21.5. The lowest BCUT2D eigenvalue weighted by Crippen LogP contribution is -2.28. The lowest BCUT2D eigenvalue weighted by molar-refractivity contribution is 0.420. The maximum atomic E-state index is 6.41. The van der Waals surface area contributed by atoms with Gasteiger partial charge in [-0.3, -0.25) is 5.01 Å². The number of nitrogens with two attached hydrogens (primary N) is 1. The van der Waals surface area contributed by atoms with Gasteiger partial charge in [0.1, 0.15) is 11.4 Å². The lowest BCUT2D eigenvalue weighted by Gasteiger charge is -2.31. The van der Waals surface area contributed by atoms with E-state index in [0.29, 0.717) is 0 Å². The van der Waals surface area contributed by atoms with Gasteiger partial charge >= 0.3 is 0 Å². The van der Waals surface area contributed by atoms with Crippen molar-refractivity contribution in [1.82, 2.24) is 0 Å². The molecule has 4 aromatic carbocycles. The molecule has 1 heterocycles. The predicted molar refractivity (Wildman–Crippen MR) is 131 cm³/mol. The zero-order valence-electron chi connectivity index (χ0n) is 17.8. The Morgan fingerprint density at radius 2 is 1.34 bits per heavy atom. The third-order valence-corrected chi connectivity index (χ3v) is 6.55. The largest absolute Gasteiger partial charge is 0.453 e. The Hall–Kier alpha value is -3.76. The van der Waals surface area contributed by atoms with Crippen LogP contribution in [0.5, 0.6) is 11.5 Å². The molecule has 1 saturated carbocycles. The van der Waals surface area contributed by atoms with Gasteiger partial charge in [-0.1, -0.05) is 48.9 Å². The Kier molecular flexibility index (Phi) is 4.58. The topological polar surface area (TPSA) is 41.7 Å². The second kappa shape index (κ2) is 7.74. The summed E-state index contributed by atoms with van der Waals surface area (Å²) in [7, 11) is 0. The van der Waals surface area contributed by atoms with Gasteiger partial charge in [-0.2, -0.15) is 0 Å². The Morgan fingerprint density at radius 3 is 2.09 bits per heavy atom. The molecule has 4 aromatic rings. The number of para-hydroxylation sites is 3. The fraction of sp³-hybridized carbons (Fsp3) is 0.143. The highest BCUT2D eigenvalue weighted by Gasteiger charge is 2.24.